The van der Waals surface area contributed by atoms with Crippen molar-refractivity contribution in [1.29, 1.82) is 0 Å². The van der Waals surface area contributed by atoms with Gasteiger partial charge in [-0.3, -0.25) is 4.90 Å². The highest BCUT2D eigenvalue weighted by Gasteiger charge is 2.17. The van der Waals surface area contributed by atoms with Crippen LogP contribution in [-0.4, -0.2) is 15.9 Å². The van der Waals surface area contributed by atoms with Gasteiger partial charge in [0, 0.05) is 24.8 Å². The first-order valence-electron chi connectivity index (χ1n) is 6.35. The van der Waals surface area contributed by atoms with E-state index < -0.39 is 0 Å². The summed E-state index contributed by atoms with van der Waals surface area (Å²) in [5.74, 6) is 0. The van der Waals surface area contributed by atoms with Crippen molar-refractivity contribution in [2.75, 3.05) is 0 Å². The normalized spacial score (nSPS) is 15.9. The molecule has 0 N–H and O–H groups in total. The lowest BCUT2D eigenvalue weighted by Gasteiger charge is -2.26. The summed E-state index contributed by atoms with van der Waals surface area (Å²) in [6.07, 6.45) is 12.6. The molecule has 0 radical (unpaired) electrons. The van der Waals surface area contributed by atoms with E-state index in [2.05, 4.69) is 0 Å². The van der Waals surface area contributed by atoms with E-state index in [1.54, 1.807) is 12.4 Å². The zero-order valence-corrected chi connectivity index (χ0v) is 10.8. The fourth-order valence-corrected chi connectivity index (χ4v) is 1.95. The Balaban J connectivity index is 1.62. The Morgan fingerprint density at radius 2 is 1.90 bits per heavy atom. The molecule has 2 heterocycles. The van der Waals surface area contributed by atoms with Crippen LogP contribution in [0.15, 0.2) is 79.1 Å². The van der Waals surface area contributed by atoms with Gasteiger partial charge in [-0.05, 0) is 17.7 Å². The maximum atomic E-state index is 12.0. The molecule has 0 unspecified atom stereocenters. The highest BCUT2D eigenvalue weighted by Crippen LogP contribution is 2.19. The van der Waals surface area contributed by atoms with Crippen molar-refractivity contribution in [3.05, 3.63) is 84.6 Å². The van der Waals surface area contributed by atoms with Gasteiger partial charge in [0.15, 0.2) is 0 Å². The largest absolute Gasteiger partial charge is 0.444 e. The van der Waals surface area contributed by atoms with Gasteiger partial charge in [0.05, 0.1) is 5.70 Å². The molecule has 0 saturated heterocycles. The van der Waals surface area contributed by atoms with Crippen LogP contribution in [-0.2, 0) is 11.3 Å². The van der Waals surface area contributed by atoms with Crippen molar-refractivity contribution in [2.45, 2.75) is 6.61 Å². The van der Waals surface area contributed by atoms with Gasteiger partial charge in [-0.25, -0.2) is 4.79 Å². The summed E-state index contributed by atoms with van der Waals surface area (Å²) in [5.41, 5.74) is 1.89. The highest BCUT2D eigenvalue weighted by atomic mass is 16.6. The van der Waals surface area contributed by atoms with Gasteiger partial charge in [0.25, 0.3) is 0 Å². The molecule has 3 rings (SSSR count). The molecule has 1 aromatic carbocycles. The maximum Gasteiger partial charge on any atom is 0.418 e. The Morgan fingerprint density at radius 3 is 2.75 bits per heavy atom. The third-order valence-corrected chi connectivity index (χ3v) is 3.00. The third kappa shape index (κ3) is 2.64. The van der Waals surface area contributed by atoms with Gasteiger partial charge < -0.3 is 9.64 Å². The summed E-state index contributed by atoms with van der Waals surface area (Å²) < 4.78 is 5.28. The zero-order chi connectivity index (χ0) is 13.8. The van der Waals surface area contributed by atoms with Crippen molar-refractivity contribution in [3.8, 4) is 0 Å². The average molecular weight is 266 g/mol. The quantitative estimate of drug-likeness (QED) is 0.823. The predicted molar refractivity (Wildman–Crippen MR) is 75.8 cm³/mol. The predicted octanol–water partition coefficient (Wildman–Crippen LogP) is 3.34. The smallest absolute Gasteiger partial charge is 0.418 e. The average Bonchev–Trinajstić information content (AvgIpc) is 2.53. The topological polar surface area (TPSA) is 32.8 Å². The van der Waals surface area contributed by atoms with Crippen LogP contribution < -0.4 is 0 Å². The van der Waals surface area contributed by atoms with Crippen LogP contribution >= 0.6 is 0 Å². The molecular formula is C16H14N2O2. The Labute approximate surface area is 117 Å². The maximum absolute atomic E-state index is 12.0. The summed E-state index contributed by atoms with van der Waals surface area (Å²) in [6, 6.07) is 9.62. The number of hydrogen-bond donors (Lipinski definition) is 0. The number of benzene rings is 1. The molecule has 0 saturated carbocycles. The SMILES string of the molecule is O=C(OCc1ccccc1)N1C=CN2C=CC=CC2=C1. The molecule has 4 nitrogen and oxygen atoms in total. The molecule has 1 aromatic rings. The van der Waals surface area contributed by atoms with Gasteiger partial charge in [-0.1, -0.05) is 36.4 Å². The zero-order valence-electron chi connectivity index (χ0n) is 10.8. The fraction of sp³-hybridized carbons (Fsp3) is 0.0625. The molecule has 1 amide bonds. The molecule has 20 heavy (non-hydrogen) atoms. The first kappa shape index (κ1) is 12.3. The Bertz CT molecular complexity index is 615. The van der Waals surface area contributed by atoms with Crippen LogP contribution in [0.25, 0.3) is 0 Å². The first-order chi connectivity index (χ1) is 9.83. The van der Waals surface area contributed by atoms with Crippen LogP contribution in [0.4, 0.5) is 4.79 Å². The summed E-state index contributed by atoms with van der Waals surface area (Å²) in [6.45, 7) is 0.270. The number of carbonyl (C=O) groups excluding carboxylic acids is 1. The molecule has 0 fully saturated rings. The van der Waals surface area contributed by atoms with E-state index in [9.17, 15) is 4.79 Å². The lowest BCUT2D eigenvalue weighted by molar-refractivity contribution is 0.120. The minimum atomic E-state index is -0.389. The molecule has 2 aliphatic heterocycles. The summed E-state index contributed by atoms with van der Waals surface area (Å²) >= 11 is 0. The fourth-order valence-electron chi connectivity index (χ4n) is 1.95. The van der Waals surface area contributed by atoms with Crippen molar-refractivity contribution >= 4 is 6.09 Å². The standard InChI is InChI=1S/C16H14N2O2/c19-16(20-13-14-6-2-1-3-7-14)18-11-10-17-9-5-4-8-15(17)12-18/h1-12H,13H2. The molecule has 0 bridgehead atoms. The van der Waals surface area contributed by atoms with Crippen LogP contribution in [0.5, 0.6) is 0 Å². The highest BCUT2D eigenvalue weighted by molar-refractivity contribution is 5.71. The van der Waals surface area contributed by atoms with Gasteiger partial charge in [0.1, 0.15) is 6.61 Å². The Hall–Kier alpha value is -2.75. The Kier molecular flexibility index (Phi) is 3.37. The first-order valence-corrected chi connectivity index (χ1v) is 6.35. The van der Waals surface area contributed by atoms with E-state index in [-0.39, 0.29) is 12.7 Å². The second-order valence-corrected chi connectivity index (χ2v) is 4.41. The third-order valence-electron chi connectivity index (χ3n) is 3.00. The van der Waals surface area contributed by atoms with Gasteiger partial charge in [0.2, 0.25) is 0 Å². The number of fused-ring (bicyclic) bond motifs is 1. The van der Waals surface area contributed by atoms with E-state index >= 15 is 0 Å². The number of hydrogen-bond acceptors (Lipinski definition) is 3. The molecule has 2 aliphatic rings. The van der Waals surface area contributed by atoms with E-state index in [1.807, 2.05) is 65.9 Å². The van der Waals surface area contributed by atoms with E-state index in [0.717, 1.165) is 11.3 Å². The monoisotopic (exact) mass is 266 g/mol. The van der Waals surface area contributed by atoms with Crippen molar-refractivity contribution in [2.24, 2.45) is 0 Å². The van der Waals surface area contributed by atoms with Crippen LogP contribution in [0.1, 0.15) is 5.56 Å². The summed E-state index contributed by atoms with van der Waals surface area (Å²) in [7, 11) is 0. The number of nitrogens with zero attached hydrogens (tertiary/aromatic N) is 2. The number of ether oxygens (including phenoxy) is 1. The lowest BCUT2D eigenvalue weighted by atomic mass is 10.2. The molecule has 0 spiro atoms. The number of amides is 1. The second-order valence-electron chi connectivity index (χ2n) is 4.41. The van der Waals surface area contributed by atoms with Gasteiger partial charge in [-0.15, -0.1) is 0 Å². The van der Waals surface area contributed by atoms with Crippen molar-refractivity contribution in [3.63, 3.8) is 0 Å². The minimum absolute atomic E-state index is 0.270. The minimum Gasteiger partial charge on any atom is -0.444 e. The van der Waals surface area contributed by atoms with Crippen molar-refractivity contribution < 1.29 is 9.53 Å². The van der Waals surface area contributed by atoms with Crippen molar-refractivity contribution in [1.82, 2.24) is 9.80 Å². The summed E-state index contributed by atoms with van der Waals surface area (Å²) in [4.78, 5) is 15.4. The molecular weight excluding hydrogens is 252 g/mol. The summed E-state index contributed by atoms with van der Waals surface area (Å²) in [5, 5.41) is 0. The van der Waals surface area contributed by atoms with E-state index in [4.69, 9.17) is 4.74 Å². The molecule has 0 aromatic heterocycles. The molecule has 0 aliphatic carbocycles. The second kappa shape index (κ2) is 5.48. The lowest BCUT2D eigenvalue weighted by Crippen LogP contribution is -2.27. The van der Waals surface area contributed by atoms with E-state index in [1.165, 1.54) is 4.90 Å². The Morgan fingerprint density at radius 1 is 1.05 bits per heavy atom. The van der Waals surface area contributed by atoms with Gasteiger partial charge in [-0.2, -0.15) is 0 Å². The molecule has 100 valence electrons. The molecule has 0 atom stereocenters. The van der Waals surface area contributed by atoms with Crippen LogP contribution in [0.3, 0.4) is 0 Å². The number of allylic oxidation sites excluding steroid dienone is 3. The molecule has 4 heteroatoms. The number of carbonyl (C=O) groups is 1. The van der Waals surface area contributed by atoms with Crippen LogP contribution in [0.2, 0.25) is 0 Å². The van der Waals surface area contributed by atoms with Gasteiger partial charge >= 0.3 is 6.09 Å². The van der Waals surface area contributed by atoms with E-state index in [0.29, 0.717) is 0 Å². The van der Waals surface area contributed by atoms with Crippen LogP contribution in [0, 0.1) is 0 Å². The number of rotatable bonds is 2.